The van der Waals surface area contributed by atoms with Crippen molar-refractivity contribution in [2.75, 3.05) is 35.5 Å². The van der Waals surface area contributed by atoms with Crippen LogP contribution in [-0.4, -0.2) is 71.1 Å². The van der Waals surface area contributed by atoms with E-state index in [-0.39, 0.29) is 63.5 Å². The van der Waals surface area contributed by atoms with Gasteiger partial charge in [0, 0.05) is 28.4 Å². The van der Waals surface area contributed by atoms with Gasteiger partial charge in [0.25, 0.3) is 17.7 Å². The van der Waals surface area contributed by atoms with Crippen LogP contribution in [0.15, 0.2) is 72.8 Å². The number of carboxylic acids is 1. The van der Waals surface area contributed by atoms with Crippen molar-refractivity contribution in [3.63, 3.8) is 0 Å². The van der Waals surface area contributed by atoms with Crippen molar-refractivity contribution >= 4 is 58.3 Å². The number of aromatic hydroxyl groups is 2. The molecule has 0 aliphatic heterocycles. The zero-order valence-corrected chi connectivity index (χ0v) is 29.3. The average Bonchev–Trinajstić information content (AvgIpc) is 4.01. The van der Waals surface area contributed by atoms with Crippen molar-refractivity contribution in [3.8, 4) is 29.1 Å². The molecule has 1 aliphatic carbocycles. The first-order chi connectivity index (χ1) is 26.3. The second-order valence-electron chi connectivity index (χ2n) is 12.1. The molecule has 282 valence electrons. The zero-order valence-electron chi connectivity index (χ0n) is 29.3. The number of rotatable bonds is 14. The van der Waals surface area contributed by atoms with E-state index in [9.17, 15) is 49.3 Å². The standard InChI is InChI=1S/C38H34N6O11/c1-54-31-26(15-13-24(29(31)45)36(50)43-27-16-14-25(38(52)53)30(46)32(27)55-2)42-34(48)20-7-11-23(12-8-20)41-37(51)28(17-18-39)44-35(49)21-5-9-22(10-6-21)40-33(47)19-3-4-19/h5-16,19,28,45-46H,3-4,17H2,1-2H3,(H,40,47)(H,41,51)(H,42,48)(H,43,50)(H,44,49)(H,52,53)/t28-/m0/s1. The predicted octanol–water partition coefficient (Wildman–Crippen LogP) is 4.32. The summed E-state index contributed by atoms with van der Waals surface area (Å²) in [7, 11) is 2.36. The molecular formula is C38H34N6O11. The van der Waals surface area contributed by atoms with Gasteiger partial charge in [0.1, 0.15) is 11.6 Å². The number of amides is 5. The van der Waals surface area contributed by atoms with Crippen molar-refractivity contribution in [2.24, 2.45) is 5.92 Å². The Morgan fingerprint density at radius 2 is 1.18 bits per heavy atom. The van der Waals surface area contributed by atoms with Crippen LogP contribution in [0.2, 0.25) is 0 Å². The molecule has 0 bridgehead atoms. The molecule has 4 aromatic carbocycles. The van der Waals surface area contributed by atoms with Gasteiger partial charge in [-0.2, -0.15) is 5.26 Å². The number of methoxy groups -OCH3 is 2. The van der Waals surface area contributed by atoms with E-state index in [1.54, 1.807) is 12.1 Å². The van der Waals surface area contributed by atoms with Gasteiger partial charge in [-0.25, -0.2) is 4.79 Å². The summed E-state index contributed by atoms with van der Waals surface area (Å²) in [6.45, 7) is 0. The average molecular weight is 751 g/mol. The molecule has 0 heterocycles. The van der Waals surface area contributed by atoms with E-state index in [2.05, 4.69) is 26.6 Å². The molecule has 0 spiro atoms. The topological polar surface area (TPSA) is 266 Å². The first kappa shape index (κ1) is 38.6. The van der Waals surface area contributed by atoms with E-state index in [4.69, 9.17) is 9.47 Å². The quantitative estimate of drug-likeness (QED) is 0.0896. The van der Waals surface area contributed by atoms with Gasteiger partial charge >= 0.3 is 5.97 Å². The lowest BCUT2D eigenvalue weighted by atomic mass is 10.1. The number of benzene rings is 4. The van der Waals surface area contributed by atoms with Crippen LogP contribution in [0.5, 0.6) is 23.0 Å². The van der Waals surface area contributed by atoms with Gasteiger partial charge in [-0.05, 0) is 85.6 Å². The number of ether oxygens (including phenoxy) is 2. The minimum absolute atomic E-state index is 0.00676. The number of carbonyl (C=O) groups is 6. The highest BCUT2D eigenvalue weighted by Crippen LogP contribution is 2.40. The number of phenolic OH excluding ortho intramolecular Hbond substituents is 1. The summed E-state index contributed by atoms with van der Waals surface area (Å²) in [5.41, 5.74) is 0.268. The van der Waals surface area contributed by atoms with Crippen LogP contribution >= 0.6 is 0 Å². The number of carbonyl (C=O) groups excluding carboxylic acids is 5. The second-order valence-corrected chi connectivity index (χ2v) is 12.1. The van der Waals surface area contributed by atoms with E-state index in [0.717, 1.165) is 26.0 Å². The summed E-state index contributed by atoms with van der Waals surface area (Å²) in [6, 6.07) is 17.1. The third-order valence-electron chi connectivity index (χ3n) is 8.34. The van der Waals surface area contributed by atoms with Gasteiger partial charge in [0.05, 0.1) is 43.6 Å². The molecule has 8 N–H and O–H groups in total. The number of nitriles is 1. The Morgan fingerprint density at radius 3 is 1.69 bits per heavy atom. The largest absolute Gasteiger partial charge is 0.504 e. The molecule has 5 amide bonds. The summed E-state index contributed by atoms with van der Waals surface area (Å²) in [5.74, 6) is -6.25. The third kappa shape index (κ3) is 9.07. The number of hydrogen-bond donors (Lipinski definition) is 8. The molecule has 17 nitrogen and oxygen atoms in total. The highest BCUT2D eigenvalue weighted by molar-refractivity contribution is 6.10. The summed E-state index contributed by atoms with van der Waals surface area (Å²) >= 11 is 0. The van der Waals surface area contributed by atoms with Crippen molar-refractivity contribution < 1.29 is 53.6 Å². The number of hydrogen-bond acceptors (Lipinski definition) is 11. The minimum atomic E-state index is -1.42. The number of phenols is 2. The number of carboxylic acid groups (broad SMARTS) is 1. The Balaban J connectivity index is 1.20. The van der Waals surface area contributed by atoms with Gasteiger partial charge in [-0.3, -0.25) is 24.0 Å². The molecule has 4 aromatic rings. The van der Waals surface area contributed by atoms with Gasteiger partial charge in [0.15, 0.2) is 23.0 Å². The van der Waals surface area contributed by atoms with E-state index in [1.807, 2.05) is 6.07 Å². The molecule has 1 fully saturated rings. The lowest BCUT2D eigenvalue weighted by Gasteiger charge is -2.17. The van der Waals surface area contributed by atoms with Gasteiger partial charge in [-0.1, -0.05) is 0 Å². The van der Waals surface area contributed by atoms with E-state index in [0.29, 0.717) is 5.69 Å². The number of nitrogens with zero attached hydrogens (tertiary/aromatic N) is 1. The third-order valence-corrected chi connectivity index (χ3v) is 8.34. The number of anilines is 4. The van der Waals surface area contributed by atoms with E-state index in [1.165, 1.54) is 61.7 Å². The highest BCUT2D eigenvalue weighted by Gasteiger charge is 2.30. The molecule has 1 saturated carbocycles. The molecule has 0 aromatic heterocycles. The molecule has 1 atom stereocenters. The van der Waals surface area contributed by atoms with E-state index >= 15 is 0 Å². The van der Waals surface area contributed by atoms with Crippen LogP contribution in [0, 0.1) is 17.2 Å². The minimum Gasteiger partial charge on any atom is -0.504 e. The summed E-state index contributed by atoms with van der Waals surface area (Å²) in [5, 5.41) is 52.6. The summed E-state index contributed by atoms with van der Waals surface area (Å²) in [6.07, 6.45) is 1.36. The molecule has 0 saturated heterocycles. The Bertz CT molecular complexity index is 2210. The van der Waals surface area contributed by atoms with Gasteiger partial charge < -0.3 is 51.4 Å². The lowest BCUT2D eigenvalue weighted by Crippen LogP contribution is -2.43. The fourth-order valence-corrected chi connectivity index (χ4v) is 5.26. The van der Waals surface area contributed by atoms with E-state index < -0.39 is 52.7 Å². The molecule has 17 heteroatoms. The molecule has 0 unspecified atom stereocenters. The fraction of sp³-hybridized carbons (Fsp3) is 0.184. The number of nitrogens with one attached hydrogen (secondary N) is 5. The molecule has 0 radical (unpaired) electrons. The normalized spacial score (nSPS) is 12.2. The van der Waals surface area contributed by atoms with Crippen molar-refractivity contribution in [1.29, 1.82) is 5.26 Å². The maximum absolute atomic E-state index is 13.1. The maximum Gasteiger partial charge on any atom is 0.339 e. The van der Waals surface area contributed by atoms with Crippen molar-refractivity contribution in [2.45, 2.75) is 25.3 Å². The Hall–Kier alpha value is -7.61. The SMILES string of the molecule is COc1c(NC(=O)c2ccc(NC(=O)c3ccc(NC(=O)[C@H](CC#N)NC(=O)c4ccc(NC(=O)C5CC5)cc4)cc3)c(OC)c2O)ccc(C(=O)O)c1O. The molecule has 55 heavy (non-hydrogen) atoms. The van der Waals surface area contributed by atoms with Crippen molar-refractivity contribution in [3.05, 3.63) is 95.1 Å². The van der Waals surface area contributed by atoms with Crippen LogP contribution in [0.4, 0.5) is 22.7 Å². The Kier molecular flexibility index (Phi) is 11.8. The summed E-state index contributed by atoms with van der Waals surface area (Å²) < 4.78 is 10.3. The molecule has 5 rings (SSSR count). The molecular weight excluding hydrogens is 716 g/mol. The first-order valence-electron chi connectivity index (χ1n) is 16.5. The lowest BCUT2D eigenvalue weighted by molar-refractivity contribution is -0.118. The first-order valence-corrected chi connectivity index (χ1v) is 16.5. The van der Waals surface area contributed by atoms with Crippen LogP contribution in [0.3, 0.4) is 0 Å². The maximum atomic E-state index is 13.1. The van der Waals surface area contributed by atoms with Crippen LogP contribution < -0.4 is 36.1 Å². The zero-order chi connectivity index (χ0) is 39.8. The Morgan fingerprint density at radius 1 is 0.691 bits per heavy atom. The van der Waals surface area contributed by atoms with Crippen molar-refractivity contribution in [1.82, 2.24) is 5.32 Å². The molecule has 1 aliphatic rings. The summed E-state index contributed by atoms with van der Waals surface area (Å²) in [4.78, 5) is 75.4. The van der Waals surface area contributed by atoms with Crippen LogP contribution in [0.1, 0.15) is 60.7 Å². The van der Waals surface area contributed by atoms with Crippen LogP contribution in [-0.2, 0) is 9.59 Å². The highest BCUT2D eigenvalue weighted by atomic mass is 16.5. The fourth-order valence-electron chi connectivity index (χ4n) is 5.26. The monoisotopic (exact) mass is 750 g/mol. The second kappa shape index (κ2) is 16.8. The Labute approximate surface area is 312 Å². The number of aromatic carboxylic acids is 1. The van der Waals surface area contributed by atoms with Gasteiger partial charge in [0.2, 0.25) is 11.8 Å². The predicted molar refractivity (Wildman–Crippen MR) is 197 cm³/mol. The van der Waals surface area contributed by atoms with Gasteiger partial charge in [-0.15, -0.1) is 0 Å². The smallest absolute Gasteiger partial charge is 0.339 e. The van der Waals surface area contributed by atoms with Crippen LogP contribution in [0.25, 0.3) is 0 Å².